The number of halogens is 3. The van der Waals surface area contributed by atoms with E-state index in [9.17, 15) is 26.4 Å². The summed E-state index contributed by atoms with van der Waals surface area (Å²) in [7, 11) is -2.83. The fourth-order valence-electron chi connectivity index (χ4n) is 1.92. The molecule has 0 aromatic heterocycles. The summed E-state index contributed by atoms with van der Waals surface area (Å²) in [5.74, 6) is -1.30. The Kier molecular flexibility index (Phi) is 7.01. The van der Waals surface area contributed by atoms with E-state index >= 15 is 0 Å². The minimum atomic E-state index is -4.00. The molecule has 0 fully saturated rings. The molecule has 0 N–H and O–H groups in total. The van der Waals surface area contributed by atoms with Crippen LogP contribution >= 0.6 is 0 Å². The Morgan fingerprint density at radius 3 is 2.26 bits per heavy atom. The van der Waals surface area contributed by atoms with Gasteiger partial charge in [-0.15, -0.1) is 0 Å². The second kappa shape index (κ2) is 8.30. The topological polar surface area (TPSA) is 57.7 Å². The molecule has 0 aliphatic rings. The van der Waals surface area contributed by atoms with Crippen LogP contribution in [0, 0.1) is 5.82 Å². The fourth-order valence-corrected chi connectivity index (χ4v) is 3.04. The van der Waals surface area contributed by atoms with Gasteiger partial charge in [0.2, 0.25) is 15.9 Å². The third-order valence-corrected chi connectivity index (χ3v) is 4.90. The first kappa shape index (κ1) is 19.4. The van der Waals surface area contributed by atoms with Crippen LogP contribution in [0.4, 0.5) is 13.2 Å². The van der Waals surface area contributed by atoms with Crippen LogP contribution in [0.3, 0.4) is 0 Å². The molecule has 1 rings (SSSR count). The van der Waals surface area contributed by atoms with Crippen molar-refractivity contribution in [3.05, 3.63) is 30.1 Å². The molecule has 0 heterocycles. The molecule has 0 atom stereocenters. The third-order valence-electron chi connectivity index (χ3n) is 3.08. The van der Waals surface area contributed by atoms with E-state index in [1.54, 1.807) is 6.92 Å². The number of carbonyl (C=O) groups is 1. The summed E-state index contributed by atoms with van der Waals surface area (Å²) in [6, 6.07) is 4.13. The first-order chi connectivity index (χ1) is 10.7. The smallest absolute Gasteiger partial charge is 0.255 e. The summed E-state index contributed by atoms with van der Waals surface area (Å²) in [4.78, 5) is 12.8. The zero-order chi connectivity index (χ0) is 17.6. The van der Waals surface area contributed by atoms with Crippen LogP contribution in [-0.4, -0.2) is 56.6 Å². The molecular formula is C14H19F3N2O3S. The number of amides is 1. The lowest BCUT2D eigenvalue weighted by Crippen LogP contribution is -2.43. The van der Waals surface area contributed by atoms with Gasteiger partial charge in [-0.1, -0.05) is 6.92 Å². The summed E-state index contributed by atoms with van der Waals surface area (Å²) in [5, 5.41) is 0. The van der Waals surface area contributed by atoms with Gasteiger partial charge >= 0.3 is 0 Å². The van der Waals surface area contributed by atoms with E-state index in [-0.39, 0.29) is 11.4 Å². The SMILES string of the molecule is CCCN(CC(F)F)C(=O)CN(C)S(=O)(=O)c1ccc(F)cc1. The van der Waals surface area contributed by atoms with Gasteiger partial charge in [0, 0.05) is 13.6 Å². The number of rotatable bonds is 8. The Morgan fingerprint density at radius 1 is 1.22 bits per heavy atom. The number of alkyl halides is 2. The molecule has 1 aromatic rings. The van der Waals surface area contributed by atoms with Crippen LogP contribution in [-0.2, 0) is 14.8 Å². The molecule has 0 aliphatic heterocycles. The van der Waals surface area contributed by atoms with Gasteiger partial charge in [-0.2, -0.15) is 4.31 Å². The van der Waals surface area contributed by atoms with Crippen molar-refractivity contribution in [3.8, 4) is 0 Å². The van der Waals surface area contributed by atoms with Crippen molar-refractivity contribution in [1.82, 2.24) is 9.21 Å². The highest BCUT2D eigenvalue weighted by atomic mass is 32.2. The minimum absolute atomic E-state index is 0.119. The lowest BCUT2D eigenvalue weighted by Gasteiger charge is -2.24. The van der Waals surface area contributed by atoms with Gasteiger partial charge in [-0.05, 0) is 30.7 Å². The Balaban J connectivity index is 2.85. The van der Waals surface area contributed by atoms with E-state index < -0.39 is 41.3 Å². The molecule has 0 saturated heterocycles. The van der Waals surface area contributed by atoms with Gasteiger partial charge in [0.25, 0.3) is 6.43 Å². The van der Waals surface area contributed by atoms with E-state index in [1.807, 2.05) is 0 Å². The zero-order valence-corrected chi connectivity index (χ0v) is 13.7. The van der Waals surface area contributed by atoms with Crippen molar-refractivity contribution < 1.29 is 26.4 Å². The second-order valence-corrected chi connectivity index (χ2v) is 6.99. The maximum absolute atomic E-state index is 12.9. The lowest BCUT2D eigenvalue weighted by molar-refractivity contribution is -0.133. The third kappa shape index (κ3) is 5.51. The molecule has 0 radical (unpaired) electrons. The quantitative estimate of drug-likeness (QED) is 0.719. The van der Waals surface area contributed by atoms with Gasteiger partial charge in [0.1, 0.15) is 5.82 Å². The van der Waals surface area contributed by atoms with Gasteiger partial charge < -0.3 is 4.90 Å². The minimum Gasteiger partial charge on any atom is -0.336 e. The van der Waals surface area contributed by atoms with Crippen LogP contribution in [0.15, 0.2) is 29.2 Å². The van der Waals surface area contributed by atoms with Crippen molar-refractivity contribution >= 4 is 15.9 Å². The molecule has 9 heteroatoms. The van der Waals surface area contributed by atoms with Crippen molar-refractivity contribution in [1.29, 1.82) is 0 Å². The van der Waals surface area contributed by atoms with Crippen LogP contribution in [0.25, 0.3) is 0 Å². The average Bonchev–Trinajstić information content (AvgIpc) is 2.46. The molecule has 1 aromatic carbocycles. The van der Waals surface area contributed by atoms with E-state index in [1.165, 1.54) is 7.05 Å². The van der Waals surface area contributed by atoms with Crippen LogP contribution in [0.5, 0.6) is 0 Å². The molecular weight excluding hydrogens is 333 g/mol. The average molecular weight is 352 g/mol. The summed E-state index contributed by atoms with van der Waals surface area (Å²) < 4.78 is 63.1. The van der Waals surface area contributed by atoms with Gasteiger partial charge in [-0.25, -0.2) is 21.6 Å². The predicted octanol–water partition coefficient (Wildman–Crippen LogP) is 1.95. The molecule has 0 aliphatic carbocycles. The zero-order valence-electron chi connectivity index (χ0n) is 12.9. The molecule has 130 valence electrons. The van der Waals surface area contributed by atoms with E-state index in [0.29, 0.717) is 6.42 Å². The van der Waals surface area contributed by atoms with E-state index in [2.05, 4.69) is 0 Å². The summed E-state index contributed by atoms with van der Waals surface area (Å²) in [5.41, 5.74) is 0. The molecule has 0 bridgehead atoms. The normalized spacial score (nSPS) is 12.0. The van der Waals surface area contributed by atoms with Crippen molar-refractivity contribution in [3.63, 3.8) is 0 Å². The largest absolute Gasteiger partial charge is 0.336 e. The van der Waals surface area contributed by atoms with Gasteiger partial charge in [0.05, 0.1) is 18.0 Å². The number of likely N-dealkylation sites (N-methyl/N-ethyl adjacent to an activating group) is 1. The maximum atomic E-state index is 12.9. The van der Waals surface area contributed by atoms with Gasteiger partial charge in [0.15, 0.2) is 0 Å². The second-order valence-electron chi connectivity index (χ2n) is 4.95. The summed E-state index contributed by atoms with van der Waals surface area (Å²) in [6.45, 7) is 0.544. The van der Waals surface area contributed by atoms with Crippen LogP contribution in [0.1, 0.15) is 13.3 Å². The lowest BCUT2D eigenvalue weighted by atomic mass is 10.3. The molecule has 23 heavy (non-hydrogen) atoms. The molecule has 5 nitrogen and oxygen atoms in total. The van der Waals surface area contributed by atoms with Gasteiger partial charge in [-0.3, -0.25) is 4.79 Å². The van der Waals surface area contributed by atoms with Crippen molar-refractivity contribution in [2.75, 3.05) is 26.7 Å². The summed E-state index contributed by atoms with van der Waals surface area (Å²) >= 11 is 0. The maximum Gasteiger partial charge on any atom is 0.255 e. The summed E-state index contributed by atoms with van der Waals surface area (Å²) in [6.07, 6.45) is -2.21. The number of hydrogen-bond acceptors (Lipinski definition) is 3. The Bertz CT molecular complexity index is 621. The number of benzene rings is 1. The molecule has 0 unspecified atom stereocenters. The number of hydrogen-bond donors (Lipinski definition) is 0. The Morgan fingerprint density at radius 2 is 1.78 bits per heavy atom. The van der Waals surface area contributed by atoms with Crippen molar-refractivity contribution in [2.24, 2.45) is 0 Å². The highest BCUT2D eigenvalue weighted by Gasteiger charge is 2.26. The highest BCUT2D eigenvalue weighted by molar-refractivity contribution is 7.89. The van der Waals surface area contributed by atoms with E-state index in [4.69, 9.17) is 0 Å². The molecule has 0 spiro atoms. The monoisotopic (exact) mass is 352 g/mol. The van der Waals surface area contributed by atoms with Crippen molar-refractivity contribution in [2.45, 2.75) is 24.7 Å². The molecule has 0 saturated carbocycles. The fraction of sp³-hybridized carbons (Fsp3) is 0.500. The number of sulfonamides is 1. The first-order valence-corrected chi connectivity index (χ1v) is 8.40. The van der Waals surface area contributed by atoms with E-state index in [0.717, 1.165) is 33.5 Å². The highest BCUT2D eigenvalue weighted by Crippen LogP contribution is 2.15. The predicted molar refractivity (Wildman–Crippen MR) is 79.1 cm³/mol. The number of nitrogens with zero attached hydrogens (tertiary/aromatic N) is 2. The standard InChI is InChI=1S/C14H19F3N2O3S/c1-3-8-19(9-13(16)17)14(20)10-18(2)23(21,22)12-6-4-11(15)5-7-12/h4-7,13H,3,8-10H2,1-2H3. The Labute approximate surface area is 133 Å². The molecule has 1 amide bonds. The van der Waals surface area contributed by atoms with Crippen LogP contribution in [0.2, 0.25) is 0 Å². The first-order valence-electron chi connectivity index (χ1n) is 6.96. The number of carbonyl (C=O) groups excluding carboxylic acids is 1. The van der Waals surface area contributed by atoms with Crippen LogP contribution < -0.4 is 0 Å². The Hall–Kier alpha value is -1.61.